The fraction of sp³-hybridized carbons (Fsp3) is 0.0149. The van der Waals surface area contributed by atoms with Crippen LogP contribution in [0.25, 0.3) is 88.4 Å². The Kier molecular flexibility index (Phi) is 9.11. The van der Waals surface area contributed by atoms with Crippen LogP contribution in [0.15, 0.2) is 270 Å². The second-order valence-corrected chi connectivity index (χ2v) is 18.3. The minimum absolute atomic E-state index is 0.543. The zero-order valence-corrected chi connectivity index (χ0v) is 38.1. The molecule has 0 radical (unpaired) electrons. The van der Waals surface area contributed by atoms with Gasteiger partial charge in [-0.15, -0.1) is 0 Å². The Hall–Kier alpha value is -9.18. The number of hydrogen-bond acceptors (Lipinski definition) is 3. The molecule has 3 nitrogen and oxygen atoms in total. The minimum atomic E-state index is -0.543. The number of para-hydroxylation sites is 3. The van der Waals surface area contributed by atoms with Gasteiger partial charge < -0.3 is 13.7 Å². The van der Waals surface area contributed by atoms with E-state index in [0.717, 1.165) is 94.3 Å². The van der Waals surface area contributed by atoms with Crippen molar-refractivity contribution in [1.82, 2.24) is 0 Å². The van der Waals surface area contributed by atoms with Crippen LogP contribution >= 0.6 is 0 Å². The molecular formula is C67H43NO2. The van der Waals surface area contributed by atoms with E-state index in [9.17, 15) is 0 Å². The highest BCUT2D eigenvalue weighted by Gasteiger charge is 2.47. The van der Waals surface area contributed by atoms with Gasteiger partial charge in [0.25, 0.3) is 0 Å². The molecule has 328 valence electrons. The first-order valence-corrected chi connectivity index (χ1v) is 24.0. The van der Waals surface area contributed by atoms with E-state index in [1.807, 2.05) is 18.2 Å². The van der Waals surface area contributed by atoms with Crippen molar-refractivity contribution in [3.63, 3.8) is 0 Å². The number of benzene rings is 11. The molecule has 0 atom stereocenters. The van der Waals surface area contributed by atoms with E-state index >= 15 is 0 Å². The topological polar surface area (TPSA) is 29.5 Å². The van der Waals surface area contributed by atoms with Crippen LogP contribution in [-0.2, 0) is 5.41 Å². The van der Waals surface area contributed by atoms with Crippen LogP contribution in [-0.4, -0.2) is 0 Å². The van der Waals surface area contributed by atoms with Crippen LogP contribution in [0, 0.1) is 0 Å². The molecule has 0 unspecified atom stereocenters. The minimum Gasteiger partial charge on any atom is -0.456 e. The fourth-order valence-corrected chi connectivity index (χ4v) is 11.5. The predicted molar refractivity (Wildman–Crippen MR) is 289 cm³/mol. The molecule has 0 saturated heterocycles. The van der Waals surface area contributed by atoms with Gasteiger partial charge >= 0.3 is 0 Å². The number of furan rings is 2. The highest BCUT2D eigenvalue weighted by Crippen LogP contribution is 2.59. The molecule has 0 saturated carbocycles. The van der Waals surface area contributed by atoms with Crippen molar-refractivity contribution in [2.24, 2.45) is 0 Å². The summed E-state index contributed by atoms with van der Waals surface area (Å²) in [4.78, 5) is 2.45. The summed E-state index contributed by atoms with van der Waals surface area (Å²) in [5, 5.41) is 4.49. The van der Waals surface area contributed by atoms with Crippen LogP contribution in [0.3, 0.4) is 0 Å². The summed E-state index contributed by atoms with van der Waals surface area (Å²) in [6, 6.07) is 94.4. The monoisotopic (exact) mass is 893 g/mol. The lowest BCUT2D eigenvalue weighted by molar-refractivity contribution is 0.669. The third kappa shape index (κ3) is 6.15. The van der Waals surface area contributed by atoms with Crippen LogP contribution in [0.2, 0.25) is 0 Å². The fourth-order valence-electron chi connectivity index (χ4n) is 11.5. The van der Waals surface area contributed by atoms with E-state index in [2.05, 4.69) is 248 Å². The highest BCUT2D eigenvalue weighted by molar-refractivity contribution is 6.10. The van der Waals surface area contributed by atoms with Gasteiger partial charge in [0.05, 0.1) is 11.1 Å². The van der Waals surface area contributed by atoms with E-state index in [0.29, 0.717) is 0 Å². The second-order valence-electron chi connectivity index (χ2n) is 18.3. The molecule has 0 N–H and O–H groups in total. The Morgan fingerprint density at radius 2 is 0.843 bits per heavy atom. The molecule has 1 aliphatic rings. The molecule has 14 rings (SSSR count). The van der Waals surface area contributed by atoms with Crippen molar-refractivity contribution >= 4 is 60.9 Å². The summed E-state index contributed by atoms with van der Waals surface area (Å²) < 4.78 is 12.8. The summed E-state index contributed by atoms with van der Waals surface area (Å²) in [6.45, 7) is 0. The average Bonchev–Trinajstić information content (AvgIpc) is 4.11. The van der Waals surface area contributed by atoms with E-state index < -0.39 is 5.41 Å². The molecule has 0 aliphatic heterocycles. The normalized spacial score (nSPS) is 12.7. The third-order valence-corrected chi connectivity index (χ3v) is 14.6. The summed E-state index contributed by atoms with van der Waals surface area (Å²) >= 11 is 0. The van der Waals surface area contributed by atoms with Gasteiger partial charge in [-0.1, -0.05) is 200 Å². The largest absolute Gasteiger partial charge is 0.456 e. The number of fused-ring (bicyclic) bond motifs is 9. The summed E-state index contributed by atoms with van der Waals surface area (Å²) in [7, 11) is 0. The van der Waals surface area contributed by atoms with Crippen LogP contribution < -0.4 is 4.90 Å². The quantitative estimate of drug-likeness (QED) is 0.152. The third-order valence-electron chi connectivity index (χ3n) is 14.6. The first kappa shape index (κ1) is 39.9. The average molecular weight is 894 g/mol. The molecule has 3 heteroatoms. The standard InChI is InChI=1S/C67H43NO2/c1-3-20-49(21-4-1)67(50-22-5-2-6-23-50)59-30-10-7-27-57(59)65-60(67)31-16-32-61(65)68(52-24-14-19-48(42-52)53-28-15-29-56-54-25-8-12-34-63(54)70-66(53)56)51-38-35-44(36-39-51)45-17-13-18-46(41-45)47-37-40-64-58(43-47)55-26-9-11-33-62(55)69-64/h1-43H. The SMILES string of the molecule is c1ccc(C2(c3ccccc3)c3ccccc3-c3c(N(c4ccc(-c5cccc(-c6ccc7oc8ccccc8c7c6)c5)cc4)c4cccc(-c5cccc6c5oc5ccccc56)c4)cccc32)cc1. The lowest BCUT2D eigenvalue weighted by Gasteiger charge is -2.34. The first-order chi connectivity index (χ1) is 34.7. The molecule has 70 heavy (non-hydrogen) atoms. The van der Waals surface area contributed by atoms with Gasteiger partial charge in [-0.3, -0.25) is 0 Å². The van der Waals surface area contributed by atoms with E-state index in [1.54, 1.807) is 0 Å². The molecule has 11 aromatic carbocycles. The molecule has 2 aromatic heterocycles. The molecule has 0 bridgehead atoms. The molecule has 13 aromatic rings. The number of hydrogen-bond donors (Lipinski definition) is 0. The predicted octanol–water partition coefficient (Wildman–Crippen LogP) is 18.3. The van der Waals surface area contributed by atoms with Gasteiger partial charge in [-0.2, -0.15) is 0 Å². The van der Waals surface area contributed by atoms with Crippen molar-refractivity contribution in [3.05, 3.63) is 283 Å². The van der Waals surface area contributed by atoms with Gasteiger partial charge in [0.1, 0.15) is 22.3 Å². The van der Waals surface area contributed by atoms with Crippen molar-refractivity contribution < 1.29 is 8.83 Å². The van der Waals surface area contributed by atoms with Crippen molar-refractivity contribution in [3.8, 4) is 44.5 Å². The van der Waals surface area contributed by atoms with Gasteiger partial charge in [0.15, 0.2) is 0 Å². The number of rotatable bonds is 8. The van der Waals surface area contributed by atoms with E-state index in [-0.39, 0.29) is 0 Å². The number of anilines is 3. The Labute approximate surface area is 405 Å². The van der Waals surface area contributed by atoms with Gasteiger partial charge in [-0.05, 0) is 116 Å². The van der Waals surface area contributed by atoms with Crippen LogP contribution in [0.1, 0.15) is 22.3 Å². The Morgan fingerprint density at radius 1 is 0.300 bits per heavy atom. The highest BCUT2D eigenvalue weighted by atomic mass is 16.3. The smallest absolute Gasteiger partial charge is 0.143 e. The Morgan fingerprint density at radius 3 is 1.63 bits per heavy atom. The first-order valence-electron chi connectivity index (χ1n) is 24.0. The zero-order valence-electron chi connectivity index (χ0n) is 38.1. The summed E-state index contributed by atoms with van der Waals surface area (Å²) in [6.07, 6.45) is 0. The zero-order chi connectivity index (χ0) is 46.2. The van der Waals surface area contributed by atoms with Crippen molar-refractivity contribution in [1.29, 1.82) is 0 Å². The maximum Gasteiger partial charge on any atom is 0.143 e. The maximum atomic E-state index is 6.62. The molecule has 2 heterocycles. The van der Waals surface area contributed by atoms with Crippen LogP contribution in [0.4, 0.5) is 17.1 Å². The number of nitrogens with zero attached hydrogens (tertiary/aromatic N) is 1. The van der Waals surface area contributed by atoms with Crippen molar-refractivity contribution in [2.75, 3.05) is 4.90 Å². The Balaban J connectivity index is 0.947. The maximum absolute atomic E-state index is 6.62. The lowest BCUT2D eigenvalue weighted by atomic mass is 9.68. The van der Waals surface area contributed by atoms with E-state index in [4.69, 9.17) is 8.83 Å². The molecule has 0 amide bonds. The van der Waals surface area contributed by atoms with Crippen LogP contribution in [0.5, 0.6) is 0 Å². The summed E-state index contributed by atoms with van der Waals surface area (Å²) in [5.41, 5.74) is 20.4. The second kappa shape index (κ2) is 16.0. The molecule has 0 spiro atoms. The van der Waals surface area contributed by atoms with Gasteiger partial charge in [-0.25, -0.2) is 0 Å². The van der Waals surface area contributed by atoms with Gasteiger partial charge in [0, 0.05) is 44.0 Å². The molecule has 0 fully saturated rings. The van der Waals surface area contributed by atoms with Crippen molar-refractivity contribution in [2.45, 2.75) is 5.41 Å². The lowest BCUT2D eigenvalue weighted by Crippen LogP contribution is -2.28. The molecule has 1 aliphatic carbocycles. The molecular weight excluding hydrogens is 851 g/mol. The Bertz CT molecular complexity index is 4090. The van der Waals surface area contributed by atoms with E-state index in [1.165, 1.54) is 33.4 Å². The van der Waals surface area contributed by atoms with Gasteiger partial charge in [0.2, 0.25) is 0 Å². The summed E-state index contributed by atoms with van der Waals surface area (Å²) in [5.74, 6) is 0.